The molecule has 0 saturated carbocycles. The summed E-state index contributed by atoms with van der Waals surface area (Å²) in [5.41, 5.74) is 8.53. The van der Waals surface area contributed by atoms with Crippen LogP contribution in [0.2, 0.25) is 5.02 Å². The van der Waals surface area contributed by atoms with E-state index in [0.717, 1.165) is 12.1 Å². The maximum Gasteiger partial charge on any atom is 0.0558 e. The summed E-state index contributed by atoms with van der Waals surface area (Å²) in [5, 5.41) is 9.95. The fourth-order valence-electron chi connectivity index (χ4n) is 2.31. The zero-order chi connectivity index (χ0) is 15.1. The molecule has 2 aromatic carbocycles. The Morgan fingerprint density at radius 3 is 2.33 bits per heavy atom. The van der Waals surface area contributed by atoms with Gasteiger partial charge in [0.25, 0.3) is 0 Å². The van der Waals surface area contributed by atoms with Crippen LogP contribution in [0.1, 0.15) is 17.2 Å². The van der Waals surface area contributed by atoms with E-state index in [1.54, 1.807) is 0 Å². The number of rotatable bonds is 7. The maximum absolute atomic E-state index is 9.23. The smallest absolute Gasteiger partial charge is 0.0558 e. The van der Waals surface area contributed by atoms with E-state index < -0.39 is 0 Å². The van der Waals surface area contributed by atoms with Gasteiger partial charge in [-0.2, -0.15) is 0 Å². The van der Waals surface area contributed by atoms with E-state index >= 15 is 0 Å². The predicted octanol–water partition coefficient (Wildman–Crippen LogP) is 2.83. The molecule has 2 aromatic rings. The lowest BCUT2D eigenvalue weighted by Crippen LogP contribution is -2.34. The van der Waals surface area contributed by atoms with E-state index in [0.29, 0.717) is 18.1 Å². The zero-order valence-electron chi connectivity index (χ0n) is 12.0. The van der Waals surface area contributed by atoms with E-state index in [-0.39, 0.29) is 12.6 Å². The first-order valence-corrected chi connectivity index (χ1v) is 7.45. The van der Waals surface area contributed by atoms with Crippen molar-refractivity contribution in [3.05, 3.63) is 70.7 Å². The summed E-state index contributed by atoms with van der Waals surface area (Å²) in [5.74, 6) is 0. The molecule has 0 aromatic heterocycles. The molecule has 0 heterocycles. The van der Waals surface area contributed by atoms with Crippen LogP contribution in [0.5, 0.6) is 0 Å². The third kappa shape index (κ3) is 5.14. The third-order valence-corrected chi connectivity index (χ3v) is 3.67. The highest BCUT2D eigenvalue weighted by molar-refractivity contribution is 6.30. The van der Waals surface area contributed by atoms with Crippen molar-refractivity contribution in [2.75, 3.05) is 19.7 Å². The summed E-state index contributed by atoms with van der Waals surface area (Å²) < 4.78 is 0. The minimum atomic E-state index is -0.0995. The summed E-state index contributed by atoms with van der Waals surface area (Å²) in [7, 11) is 0. The molecule has 0 aliphatic rings. The molecule has 112 valence electrons. The van der Waals surface area contributed by atoms with Gasteiger partial charge < -0.3 is 10.8 Å². The molecule has 0 fully saturated rings. The van der Waals surface area contributed by atoms with Gasteiger partial charge in [0.15, 0.2) is 0 Å². The van der Waals surface area contributed by atoms with Crippen LogP contribution in [0.15, 0.2) is 54.6 Å². The monoisotopic (exact) mass is 304 g/mol. The van der Waals surface area contributed by atoms with E-state index in [2.05, 4.69) is 17.0 Å². The number of benzene rings is 2. The molecule has 4 heteroatoms. The van der Waals surface area contributed by atoms with Gasteiger partial charge in [-0.1, -0.05) is 54.1 Å². The Kier molecular flexibility index (Phi) is 6.21. The lowest BCUT2D eigenvalue weighted by Gasteiger charge is -2.25. The second kappa shape index (κ2) is 8.15. The molecule has 2 rings (SSSR count). The van der Waals surface area contributed by atoms with Crippen molar-refractivity contribution < 1.29 is 5.11 Å². The van der Waals surface area contributed by atoms with E-state index in [1.807, 2.05) is 42.5 Å². The molecule has 0 aliphatic carbocycles. The number of aliphatic hydroxyl groups excluding tert-OH is 1. The van der Waals surface area contributed by atoms with Crippen molar-refractivity contribution in [2.45, 2.75) is 12.6 Å². The fraction of sp³-hybridized carbons (Fsp3) is 0.294. The van der Waals surface area contributed by atoms with Gasteiger partial charge >= 0.3 is 0 Å². The average molecular weight is 305 g/mol. The summed E-state index contributed by atoms with van der Waals surface area (Å²) in [6, 6.07) is 17.7. The van der Waals surface area contributed by atoms with Gasteiger partial charge in [0.2, 0.25) is 0 Å². The van der Waals surface area contributed by atoms with Gasteiger partial charge in [-0.15, -0.1) is 0 Å². The highest BCUT2D eigenvalue weighted by atomic mass is 35.5. The molecule has 3 nitrogen and oxygen atoms in total. The Labute approximate surface area is 131 Å². The van der Waals surface area contributed by atoms with Crippen molar-refractivity contribution in [1.29, 1.82) is 0 Å². The summed E-state index contributed by atoms with van der Waals surface area (Å²) in [4.78, 5) is 2.16. The van der Waals surface area contributed by atoms with Crippen LogP contribution in [0.3, 0.4) is 0 Å². The third-order valence-electron chi connectivity index (χ3n) is 3.42. The summed E-state index contributed by atoms with van der Waals surface area (Å²) >= 11 is 5.89. The highest BCUT2D eigenvalue weighted by Gasteiger charge is 2.12. The molecular formula is C17H21ClN2O. The number of nitrogens with two attached hydrogens (primary N) is 1. The molecular weight excluding hydrogens is 284 g/mol. The normalized spacial score (nSPS) is 12.6. The largest absolute Gasteiger partial charge is 0.395 e. The average Bonchev–Trinajstić information content (AvgIpc) is 2.49. The Morgan fingerprint density at radius 2 is 1.71 bits per heavy atom. The number of nitrogens with zero attached hydrogens (tertiary/aromatic N) is 1. The van der Waals surface area contributed by atoms with Gasteiger partial charge in [0, 0.05) is 30.7 Å². The van der Waals surface area contributed by atoms with Crippen LogP contribution in [0.4, 0.5) is 0 Å². The molecule has 0 aliphatic heterocycles. The Hall–Kier alpha value is -1.39. The molecule has 0 radical (unpaired) electrons. The fourth-order valence-corrected chi connectivity index (χ4v) is 2.44. The standard InChI is InChI=1S/C17H21ClN2O/c18-16-8-6-15(7-9-16)17(19)13-20(10-11-21)12-14-4-2-1-3-5-14/h1-9,17,21H,10-13,19H2/t17-/m0/s1. The molecule has 0 unspecified atom stereocenters. The van der Waals surface area contributed by atoms with Gasteiger partial charge in [0.1, 0.15) is 0 Å². The van der Waals surface area contributed by atoms with Gasteiger partial charge in [0.05, 0.1) is 6.61 Å². The van der Waals surface area contributed by atoms with E-state index in [9.17, 15) is 5.11 Å². The number of halogens is 1. The first-order valence-electron chi connectivity index (χ1n) is 7.07. The van der Waals surface area contributed by atoms with Gasteiger partial charge in [-0.25, -0.2) is 0 Å². The number of hydrogen-bond donors (Lipinski definition) is 2. The predicted molar refractivity (Wildman–Crippen MR) is 87.2 cm³/mol. The molecule has 0 amide bonds. The molecule has 3 N–H and O–H groups in total. The number of hydrogen-bond acceptors (Lipinski definition) is 3. The summed E-state index contributed by atoms with van der Waals surface area (Å²) in [6.07, 6.45) is 0. The van der Waals surface area contributed by atoms with Crippen molar-refractivity contribution in [2.24, 2.45) is 5.73 Å². The Balaban J connectivity index is 2.00. The molecule has 0 saturated heterocycles. The summed E-state index contributed by atoms with van der Waals surface area (Å²) in [6.45, 7) is 2.20. The second-order valence-electron chi connectivity index (χ2n) is 5.10. The minimum absolute atomic E-state index is 0.0995. The van der Waals surface area contributed by atoms with Crippen LogP contribution in [-0.4, -0.2) is 29.7 Å². The SMILES string of the molecule is N[C@@H](CN(CCO)Cc1ccccc1)c1ccc(Cl)cc1. The van der Waals surface area contributed by atoms with Crippen LogP contribution >= 0.6 is 11.6 Å². The van der Waals surface area contributed by atoms with Crippen LogP contribution in [0, 0.1) is 0 Å². The molecule has 21 heavy (non-hydrogen) atoms. The zero-order valence-corrected chi connectivity index (χ0v) is 12.7. The Morgan fingerprint density at radius 1 is 1.05 bits per heavy atom. The van der Waals surface area contributed by atoms with Crippen molar-refractivity contribution in [1.82, 2.24) is 4.90 Å². The second-order valence-corrected chi connectivity index (χ2v) is 5.54. The lowest BCUT2D eigenvalue weighted by molar-refractivity contribution is 0.182. The Bertz CT molecular complexity index is 530. The number of aliphatic hydroxyl groups is 1. The quantitative estimate of drug-likeness (QED) is 0.827. The molecule has 0 spiro atoms. The lowest BCUT2D eigenvalue weighted by atomic mass is 10.1. The van der Waals surface area contributed by atoms with E-state index in [4.69, 9.17) is 17.3 Å². The van der Waals surface area contributed by atoms with Gasteiger partial charge in [-0.3, -0.25) is 4.90 Å². The first kappa shape index (κ1) is 16.0. The maximum atomic E-state index is 9.23. The minimum Gasteiger partial charge on any atom is -0.395 e. The first-order chi connectivity index (χ1) is 10.2. The van der Waals surface area contributed by atoms with Crippen LogP contribution in [0.25, 0.3) is 0 Å². The van der Waals surface area contributed by atoms with E-state index in [1.165, 1.54) is 5.56 Å². The van der Waals surface area contributed by atoms with Crippen molar-refractivity contribution >= 4 is 11.6 Å². The highest BCUT2D eigenvalue weighted by Crippen LogP contribution is 2.16. The van der Waals surface area contributed by atoms with Crippen LogP contribution < -0.4 is 5.73 Å². The van der Waals surface area contributed by atoms with Crippen molar-refractivity contribution in [3.63, 3.8) is 0 Å². The van der Waals surface area contributed by atoms with Gasteiger partial charge in [-0.05, 0) is 23.3 Å². The van der Waals surface area contributed by atoms with Crippen molar-refractivity contribution in [3.8, 4) is 0 Å². The molecule has 0 bridgehead atoms. The topological polar surface area (TPSA) is 49.5 Å². The molecule has 1 atom stereocenters. The van der Waals surface area contributed by atoms with Crippen LogP contribution in [-0.2, 0) is 6.54 Å².